The molecule has 0 saturated carbocycles. The molecule has 0 aromatic heterocycles. The van der Waals surface area contributed by atoms with Gasteiger partial charge in [-0.15, -0.1) is 0 Å². The zero-order chi connectivity index (χ0) is 11.3. The lowest BCUT2D eigenvalue weighted by atomic mass is 10.2. The van der Waals surface area contributed by atoms with Crippen LogP contribution in [-0.2, 0) is 4.79 Å². The zero-order valence-corrected chi connectivity index (χ0v) is 8.43. The summed E-state index contributed by atoms with van der Waals surface area (Å²) in [6.07, 6.45) is 0. The zero-order valence-electron chi connectivity index (χ0n) is 8.43. The number of rotatable bonds is 4. The Morgan fingerprint density at radius 3 is 3.00 bits per heavy atom. The Morgan fingerprint density at radius 2 is 2.40 bits per heavy atom. The third kappa shape index (κ3) is 3.31. The van der Waals surface area contributed by atoms with Gasteiger partial charge in [-0.3, -0.25) is 4.79 Å². The van der Waals surface area contributed by atoms with Crippen molar-refractivity contribution in [1.29, 1.82) is 5.26 Å². The van der Waals surface area contributed by atoms with Crippen molar-refractivity contribution in [3.05, 3.63) is 29.8 Å². The Labute approximate surface area is 88.3 Å². The largest absolute Gasteiger partial charge is 0.493 e. The maximum absolute atomic E-state index is 10.7. The van der Waals surface area contributed by atoms with Crippen molar-refractivity contribution in [2.45, 2.75) is 6.92 Å². The molecule has 0 heterocycles. The summed E-state index contributed by atoms with van der Waals surface area (Å²) in [5.74, 6) is -0.163. The van der Waals surface area contributed by atoms with Crippen molar-refractivity contribution < 1.29 is 9.53 Å². The molecular weight excluding hydrogens is 192 g/mol. The van der Waals surface area contributed by atoms with Crippen LogP contribution in [0.15, 0.2) is 24.3 Å². The monoisotopic (exact) mass is 204 g/mol. The van der Waals surface area contributed by atoms with E-state index < -0.39 is 5.91 Å². The number of benzene rings is 1. The van der Waals surface area contributed by atoms with Gasteiger partial charge in [0.05, 0.1) is 24.2 Å². The number of hydrogen-bond donors (Lipinski definition) is 1. The first kappa shape index (κ1) is 11.1. The lowest BCUT2D eigenvalue weighted by Gasteiger charge is -2.09. The van der Waals surface area contributed by atoms with Gasteiger partial charge in [-0.2, -0.15) is 5.26 Å². The van der Waals surface area contributed by atoms with Gasteiger partial charge in [0, 0.05) is 0 Å². The number of carbonyl (C=O) groups is 1. The highest BCUT2D eigenvalue weighted by Gasteiger charge is 2.09. The predicted octanol–water partition coefficient (Wildman–Crippen LogP) is 1.06. The van der Waals surface area contributed by atoms with Crippen LogP contribution in [-0.4, -0.2) is 12.5 Å². The topological polar surface area (TPSA) is 76.1 Å². The molecule has 0 aliphatic carbocycles. The molecule has 4 nitrogen and oxygen atoms in total. The molecule has 0 spiro atoms. The number of hydrogen-bond acceptors (Lipinski definition) is 3. The molecule has 78 valence electrons. The molecule has 1 aromatic carbocycles. The van der Waals surface area contributed by atoms with Crippen LogP contribution >= 0.6 is 0 Å². The Kier molecular flexibility index (Phi) is 3.69. The van der Waals surface area contributed by atoms with E-state index in [1.54, 1.807) is 31.2 Å². The van der Waals surface area contributed by atoms with Crippen LogP contribution in [0.2, 0.25) is 0 Å². The van der Waals surface area contributed by atoms with Gasteiger partial charge in [0.1, 0.15) is 5.75 Å². The number of amides is 1. The number of ether oxygens (including phenoxy) is 1. The highest BCUT2D eigenvalue weighted by Crippen LogP contribution is 2.13. The Morgan fingerprint density at radius 1 is 1.67 bits per heavy atom. The predicted molar refractivity (Wildman–Crippen MR) is 55.0 cm³/mol. The smallest absolute Gasteiger partial charge is 0.223 e. The molecule has 1 rings (SSSR count). The molecule has 0 aliphatic heterocycles. The highest BCUT2D eigenvalue weighted by molar-refractivity contribution is 5.76. The van der Waals surface area contributed by atoms with E-state index in [1.807, 2.05) is 6.07 Å². The summed E-state index contributed by atoms with van der Waals surface area (Å²) in [6.45, 7) is 1.92. The summed E-state index contributed by atoms with van der Waals surface area (Å²) in [6, 6.07) is 8.77. The van der Waals surface area contributed by atoms with Gasteiger partial charge in [0.25, 0.3) is 0 Å². The second kappa shape index (κ2) is 5.01. The van der Waals surface area contributed by atoms with E-state index in [4.69, 9.17) is 15.7 Å². The summed E-state index contributed by atoms with van der Waals surface area (Å²) < 4.78 is 5.32. The van der Waals surface area contributed by atoms with Crippen LogP contribution in [0.1, 0.15) is 12.5 Å². The SMILES string of the molecule is CC(COc1cccc(C#N)c1)C(N)=O. The van der Waals surface area contributed by atoms with Gasteiger partial charge >= 0.3 is 0 Å². The standard InChI is InChI=1S/C11H12N2O2/c1-8(11(13)14)7-15-10-4-2-3-9(5-10)6-12/h2-5,8H,7H2,1H3,(H2,13,14). The minimum absolute atomic E-state index is 0.226. The molecule has 2 N–H and O–H groups in total. The summed E-state index contributed by atoms with van der Waals surface area (Å²) in [7, 11) is 0. The van der Waals surface area contributed by atoms with E-state index in [-0.39, 0.29) is 12.5 Å². The average molecular weight is 204 g/mol. The molecule has 1 atom stereocenters. The molecule has 15 heavy (non-hydrogen) atoms. The first-order chi connectivity index (χ1) is 7.13. The van der Waals surface area contributed by atoms with Crippen LogP contribution in [0.5, 0.6) is 5.75 Å². The van der Waals surface area contributed by atoms with Crippen molar-refractivity contribution in [2.24, 2.45) is 11.7 Å². The molecule has 4 heteroatoms. The van der Waals surface area contributed by atoms with E-state index in [0.717, 1.165) is 0 Å². The number of primary amides is 1. The van der Waals surface area contributed by atoms with E-state index in [1.165, 1.54) is 0 Å². The number of carbonyl (C=O) groups excluding carboxylic acids is 1. The van der Waals surface area contributed by atoms with Gasteiger partial charge in [0.2, 0.25) is 5.91 Å². The molecule has 0 fully saturated rings. The summed E-state index contributed by atoms with van der Waals surface area (Å²) >= 11 is 0. The number of nitrogens with two attached hydrogens (primary N) is 1. The average Bonchev–Trinajstić information content (AvgIpc) is 2.26. The van der Waals surface area contributed by atoms with Crippen molar-refractivity contribution in [1.82, 2.24) is 0 Å². The molecule has 1 aromatic rings. The first-order valence-corrected chi connectivity index (χ1v) is 4.55. The van der Waals surface area contributed by atoms with Crippen molar-refractivity contribution in [2.75, 3.05) is 6.61 Å². The number of nitrogens with zero attached hydrogens (tertiary/aromatic N) is 1. The van der Waals surface area contributed by atoms with Crippen LogP contribution in [0.25, 0.3) is 0 Å². The third-order valence-electron chi connectivity index (χ3n) is 1.95. The maximum atomic E-state index is 10.7. The molecule has 0 bridgehead atoms. The fraction of sp³-hybridized carbons (Fsp3) is 0.273. The lowest BCUT2D eigenvalue weighted by molar-refractivity contribution is -0.122. The van der Waals surface area contributed by atoms with Gasteiger partial charge in [0.15, 0.2) is 0 Å². The molecular formula is C11H12N2O2. The lowest BCUT2D eigenvalue weighted by Crippen LogP contribution is -2.25. The summed E-state index contributed by atoms with van der Waals surface area (Å²) in [5.41, 5.74) is 5.61. The Balaban J connectivity index is 2.58. The van der Waals surface area contributed by atoms with Gasteiger partial charge in [-0.05, 0) is 18.2 Å². The minimum Gasteiger partial charge on any atom is -0.493 e. The van der Waals surface area contributed by atoms with E-state index in [9.17, 15) is 4.79 Å². The Hall–Kier alpha value is -2.02. The summed E-state index contributed by atoms with van der Waals surface area (Å²) in [4.78, 5) is 10.7. The summed E-state index contributed by atoms with van der Waals surface area (Å²) in [5, 5.41) is 8.65. The van der Waals surface area contributed by atoms with Gasteiger partial charge < -0.3 is 10.5 Å². The normalized spacial score (nSPS) is 11.5. The minimum atomic E-state index is -0.397. The fourth-order valence-corrected chi connectivity index (χ4v) is 0.959. The van der Waals surface area contributed by atoms with E-state index in [2.05, 4.69) is 0 Å². The second-order valence-electron chi connectivity index (χ2n) is 3.25. The van der Waals surface area contributed by atoms with Crippen molar-refractivity contribution in [3.63, 3.8) is 0 Å². The van der Waals surface area contributed by atoms with Crippen molar-refractivity contribution >= 4 is 5.91 Å². The van der Waals surface area contributed by atoms with E-state index >= 15 is 0 Å². The van der Waals surface area contributed by atoms with Gasteiger partial charge in [-0.1, -0.05) is 13.0 Å². The fourth-order valence-electron chi connectivity index (χ4n) is 0.959. The van der Waals surface area contributed by atoms with Crippen LogP contribution in [0.3, 0.4) is 0 Å². The third-order valence-corrected chi connectivity index (χ3v) is 1.95. The number of nitriles is 1. The van der Waals surface area contributed by atoms with Crippen LogP contribution in [0, 0.1) is 17.2 Å². The molecule has 0 aliphatic rings. The maximum Gasteiger partial charge on any atom is 0.223 e. The van der Waals surface area contributed by atoms with E-state index in [0.29, 0.717) is 11.3 Å². The van der Waals surface area contributed by atoms with Crippen LogP contribution in [0.4, 0.5) is 0 Å². The molecule has 0 radical (unpaired) electrons. The van der Waals surface area contributed by atoms with Gasteiger partial charge in [-0.25, -0.2) is 0 Å². The molecule has 1 unspecified atom stereocenters. The quantitative estimate of drug-likeness (QED) is 0.796. The second-order valence-corrected chi connectivity index (χ2v) is 3.25. The first-order valence-electron chi connectivity index (χ1n) is 4.55. The van der Waals surface area contributed by atoms with Crippen molar-refractivity contribution in [3.8, 4) is 11.8 Å². The highest BCUT2D eigenvalue weighted by atomic mass is 16.5. The molecule has 0 saturated heterocycles. The Bertz CT molecular complexity index is 396. The molecule has 1 amide bonds. The van der Waals surface area contributed by atoms with Crippen LogP contribution < -0.4 is 10.5 Å².